The Labute approximate surface area is 108 Å². The molecule has 18 heavy (non-hydrogen) atoms. The molecule has 0 atom stereocenters. The number of rotatable bonds is 7. The number of nitrogens with zero attached hydrogens (tertiary/aromatic N) is 1. The summed E-state index contributed by atoms with van der Waals surface area (Å²) in [6, 6.07) is 7.47. The Kier molecular flexibility index (Phi) is 6.22. The van der Waals surface area contributed by atoms with Crippen LogP contribution in [-0.2, 0) is 4.74 Å². The monoisotopic (exact) mass is 251 g/mol. The minimum atomic E-state index is -0.945. The van der Waals surface area contributed by atoms with E-state index in [1.54, 1.807) is 6.07 Å². The second-order valence-corrected chi connectivity index (χ2v) is 4.24. The predicted molar refractivity (Wildman–Crippen MR) is 72.3 cm³/mol. The van der Waals surface area contributed by atoms with Gasteiger partial charge in [0.05, 0.1) is 13.2 Å². The zero-order valence-electron chi connectivity index (χ0n) is 11.1. The summed E-state index contributed by atoms with van der Waals surface area (Å²) >= 11 is 0. The van der Waals surface area contributed by atoms with Crippen LogP contribution < -0.4 is 4.90 Å². The van der Waals surface area contributed by atoms with Gasteiger partial charge in [0, 0.05) is 12.3 Å². The number of carboxylic acid groups (broad SMARTS) is 1. The van der Waals surface area contributed by atoms with E-state index in [0.29, 0.717) is 25.4 Å². The van der Waals surface area contributed by atoms with Crippen LogP contribution in [0.4, 0.5) is 10.5 Å². The fourth-order valence-electron chi connectivity index (χ4n) is 1.64. The Morgan fingerprint density at radius 1 is 1.39 bits per heavy atom. The fourth-order valence-corrected chi connectivity index (χ4v) is 1.64. The SMILES string of the molecule is CCCCOCCN(C(=O)O)c1cccc(C)c1. The van der Waals surface area contributed by atoms with Crippen LogP contribution in [0.1, 0.15) is 25.3 Å². The van der Waals surface area contributed by atoms with E-state index in [1.807, 2.05) is 25.1 Å². The van der Waals surface area contributed by atoms with Crippen LogP contribution in [0.25, 0.3) is 0 Å². The van der Waals surface area contributed by atoms with Crippen molar-refractivity contribution in [3.63, 3.8) is 0 Å². The summed E-state index contributed by atoms with van der Waals surface area (Å²) in [6.45, 7) is 5.53. The van der Waals surface area contributed by atoms with Gasteiger partial charge in [0.15, 0.2) is 0 Å². The molecule has 100 valence electrons. The molecule has 1 aromatic rings. The average molecular weight is 251 g/mol. The lowest BCUT2D eigenvalue weighted by Gasteiger charge is -2.19. The van der Waals surface area contributed by atoms with Crippen LogP contribution in [0.2, 0.25) is 0 Å². The van der Waals surface area contributed by atoms with Crippen LogP contribution >= 0.6 is 0 Å². The molecule has 0 radical (unpaired) electrons. The van der Waals surface area contributed by atoms with Gasteiger partial charge >= 0.3 is 6.09 Å². The van der Waals surface area contributed by atoms with E-state index in [-0.39, 0.29) is 0 Å². The summed E-state index contributed by atoms with van der Waals surface area (Å²) in [7, 11) is 0. The predicted octanol–water partition coefficient (Wildman–Crippen LogP) is 3.30. The van der Waals surface area contributed by atoms with Gasteiger partial charge in [-0.25, -0.2) is 4.79 Å². The molecule has 0 saturated heterocycles. The highest BCUT2D eigenvalue weighted by molar-refractivity contribution is 5.86. The van der Waals surface area contributed by atoms with Crippen molar-refractivity contribution >= 4 is 11.8 Å². The molecule has 0 aromatic heterocycles. The Hall–Kier alpha value is -1.55. The van der Waals surface area contributed by atoms with Crippen LogP contribution in [0, 0.1) is 6.92 Å². The molecule has 1 amide bonds. The molecule has 0 aliphatic carbocycles. The number of carbonyl (C=O) groups is 1. The molecule has 0 fully saturated rings. The number of anilines is 1. The molecule has 0 spiro atoms. The van der Waals surface area contributed by atoms with Crippen LogP contribution in [0.15, 0.2) is 24.3 Å². The number of hydrogen-bond acceptors (Lipinski definition) is 2. The highest BCUT2D eigenvalue weighted by atomic mass is 16.5. The van der Waals surface area contributed by atoms with Crippen LogP contribution in [-0.4, -0.2) is 31.0 Å². The molecule has 0 heterocycles. The number of unbranched alkanes of at least 4 members (excludes halogenated alkanes) is 1. The zero-order valence-corrected chi connectivity index (χ0v) is 11.1. The van der Waals surface area contributed by atoms with Crippen molar-refractivity contribution in [1.82, 2.24) is 0 Å². The fraction of sp³-hybridized carbons (Fsp3) is 0.500. The smallest absolute Gasteiger partial charge is 0.411 e. The molecule has 1 rings (SSSR count). The molecule has 0 bridgehead atoms. The van der Waals surface area contributed by atoms with E-state index in [2.05, 4.69) is 6.92 Å². The van der Waals surface area contributed by atoms with Crippen molar-refractivity contribution in [2.45, 2.75) is 26.7 Å². The molecule has 0 aliphatic heterocycles. The van der Waals surface area contributed by atoms with E-state index < -0.39 is 6.09 Å². The standard InChI is InChI=1S/C14H21NO3/c1-3-4-9-18-10-8-15(14(16)17)13-7-5-6-12(2)11-13/h5-7,11H,3-4,8-10H2,1-2H3,(H,16,17). The van der Waals surface area contributed by atoms with Crippen LogP contribution in [0.5, 0.6) is 0 Å². The number of ether oxygens (including phenoxy) is 1. The lowest BCUT2D eigenvalue weighted by molar-refractivity contribution is 0.135. The Morgan fingerprint density at radius 2 is 2.17 bits per heavy atom. The molecular formula is C14H21NO3. The van der Waals surface area contributed by atoms with Gasteiger partial charge in [-0.2, -0.15) is 0 Å². The molecule has 0 saturated carbocycles. The van der Waals surface area contributed by atoms with Gasteiger partial charge in [0.25, 0.3) is 0 Å². The van der Waals surface area contributed by atoms with Crippen molar-refractivity contribution in [3.05, 3.63) is 29.8 Å². The topological polar surface area (TPSA) is 49.8 Å². The third kappa shape index (κ3) is 4.75. The summed E-state index contributed by atoms with van der Waals surface area (Å²) in [5, 5.41) is 9.19. The van der Waals surface area contributed by atoms with E-state index in [4.69, 9.17) is 4.74 Å². The quantitative estimate of drug-likeness (QED) is 0.756. The zero-order chi connectivity index (χ0) is 13.4. The van der Waals surface area contributed by atoms with Gasteiger partial charge < -0.3 is 9.84 Å². The van der Waals surface area contributed by atoms with Gasteiger partial charge in [-0.15, -0.1) is 0 Å². The van der Waals surface area contributed by atoms with Gasteiger partial charge in [-0.05, 0) is 31.0 Å². The van der Waals surface area contributed by atoms with Gasteiger partial charge in [0.1, 0.15) is 0 Å². The van der Waals surface area contributed by atoms with E-state index >= 15 is 0 Å². The van der Waals surface area contributed by atoms with Crippen molar-refractivity contribution in [2.75, 3.05) is 24.7 Å². The minimum Gasteiger partial charge on any atom is -0.465 e. The first-order valence-corrected chi connectivity index (χ1v) is 6.30. The number of amides is 1. The lowest BCUT2D eigenvalue weighted by atomic mass is 10.2. The van der Waals surface area contributed by atoms with Crippen molar-refractivity contribution in [1.29, 1.82) is 0 Å². The first-order chi connectivity index (χ1) is 8.65. The molecule has 4 nitrogen and oxygen atoms in total. The number of hydrogen-bond donors (Lipinski definition) is 1. The largest absolute Gasteiger partial charge is 0.465 e. The summed E-state index contributed by atoms with van der Waals surface area (Å²) in [4.78, 5) is 12.5. The van der Waals surface area contributed by atoms with Crippen molar-refractivity contribution in [3.8, 4) is 0 Å². The minimum absolute atomic E-state index is 0.364. The Balaban J connectivity index is 2.53. The molecular weight excluding hydrogens is 230 g/mol. The van der Waals surface area contributed by atoms with Gasteiger partial charge in [-0.1, -0.05) is 25.5 Å². The first kappa shape index (κ1) is 14.5. The number of aryl methyl sites for hydroxylation is 1. The second-order valence-electron chi connectivity index (χ2n) is 4.24. The van der Waals surface area contributed by atoms with E-state index in [0.717, 1.165) is 18.4 Å². The molecule has 1 aromatic carbocycles. The van der Waals surface area contributed by atoms with Crippen molar-refractivity contribution in [2.24, 2.45) is 0 Å². The maximum absolute atomic E-state index is 11.2. The molecule has 0 aliphatic rings. The summed E-state index contributed by atoms with van der Waals surface area (Å²) in [6.07, 6.45) is 1.15. The summed E-state index contributed by atoms with van der Waals surface area (Å²) in [5.41, 5.74) is 1.74. The van der Waals surface area contributed by atoms with Gasteiger partial charge in [-0.3, -0.25) is 4.90 Å². The summed E-state index contributed by atoms with van der Waals surface area (Å²) in [5.74, 6) is 0. The highest BCUT2D eigenvalue weighted by Crippen LogP contribution is 2.15. The maximum atomic E-state index is 11.2. The third-order valence-corrected chi connectivity index (χ3v) is 2.65. The van der Waals surface area contributed by atoms with Gasteiger partial charge in [0.2, 0.25) is 0 Å². The second kappa shape index (κ2) is 7.71. The molecule has 4 heteroatoms. The van der Waals surface area contributed by atoms with Crippen molar-refractivity contribution < 1.29 is 14.6 Å². The number of benzene rings is 1. The first-order valence-electron chi connectivity index (χ1n) is 6.30. The van der Waals surface area contributed by atoms with E-state index in [9.17, 15) is 9.90 Å². The average Bonchev–Trinajstić information content (AvgIpc) is 2.33. The lowest BCUT2D eigenvalue weighted by Crippen LogP contribution is -2.32. The van der Waals surface area contributed by atoms with Crippen LogP contribution in [0.3, 0.4) is 0 Å². The highest BCUT2D eigenvalue weighted by Gasteiger charge is 2.13. The maximum Gasteiger partial charge on any atom is 0.411 e. The Bertz CT molecular complexity index is 379. The Morgan fingerprint density at radius 3 is 2.78 bits per heavy atom. The summed E-state index contributed by atoms with van der Waals surface area (Å²) < 4.78 is 5.40. The molecule has 1 N–H and O–H groups in total. The molecule has 0 unspecified atom stereocenters. The third-order valence-electron chi connectivity index (χ3n) is 2.65. The normalized spacial score (nSPS) is 10.3. The van der Waals surface area contributed by atoms with E-state index in [1.165, 1.54) is 4.90 Å².